The summed E-state index contributed by atoms with van der Waals surface area (Å²) in [6.45, 7) is 4.23. The molecule has 2 aromatic carbocycles. The molecule has 0 aromatic heterocycles. The fraction of sp³-hybridized carbons (Fsp3) is 0.250. The zero-order valence-electron chi connectivity index (χ0n) is 15.0. The largest absolute Gasteiger partial charge is 0.206 e. The van der Waals surface area contributed by atoms with Crippen LogP contribution >= 0.6 is 0 Å². The number of hydrogen-bond donors (Lipinski definition) is 0. The van der Waals surface area contributed by atoms with Crippen molar-refractivity contribution in [3.63, 3.8) is 0 Å². The Balaban J connectivity index is 1.78. The molecule has 0 bridgehead atoms. The van der Waals surface area contributed by atoms with E-state index in [2.05, 4.69) is 49.4 Å². The summed E-state index contributed by atoms with van der Waals surface area (Å²) in [4.78, 5) is 0. The van der Waals surface area contributed by atoms with E-state index in [0.717, 1.165) is 36.0 Å². The lowest BCUT2D eigenvalue weighted by molar-refractivity contribution is 0.631. The summed E-state index contributed by atoms with van der Waals surface area (Å²) in [5.41, 5.74) is 4.94. The first-order chi connectivity index (χ1) is 12.2. The van der Waals surface area contributed by atoms with E-state index >= 15 is 0 Å². The standard InChI is InChI=1S/C24H25F/c1-3-4-5-6-19-9-13-21(14-10-19)23-16-15-22(17-24(23)25)20-11-7-18(2)8-12-20/h3-4,7,9-18H,5-6,8H2,1-2H3/b4-3+. The average Bonchev–Trinajstić information content (AvgIpc) is 2.63. The molecule has 0 amide bonds. The first kappa shape index (κ1) is 17.4. The molecule has 0 saturated heterocycles. The van der Waals surface area contributed by atoms with Crippen molar-refractivity contribution < 1.29 is 4.39 Å². The minimum Gasteiger partial charge on any atom is -0.206 e. The lowest BCUT2D eigenvalue weighted by Gasteiger charge is -2.13. The maximum absolute atomic E-state index is 14.7. The summed E-state index contributed by atoms with van der Waals surface area (Å²) in [7, 11) is 0. The molecule has 2 aromatic rings. The van der Waals surface area contributed by atoms with Gasteiger partial charge in [0.05, 0.1) is 0 Å². The fourth-order valence-electron chi connectivity index (χ4n) is 3.14. The summed E-state index contributed by atoms with van der Waals surface area (Å²) in [6.07, 6.45) is 13.8. The van der Waals surface area contributed by atoms with Crippen LogP contribution in [0.15, 0.2) is 72.8 Å². The second kappa shape index (κ2) is 8.11. The van der Waals surface area contributed by atoms with Gasteiger partial charge in [-0.2, -0.15) is 0 Å². The summed E-state index contributed by atoms with van der Waals surface area (Å²) in [6, 6.07) is 13.8. The molecule has 128 valence electrons. The number of aryl methyl sites for hydroxylation is 1. The molecule has 1 aliphatic rings. The lowest BCUT2D eigenvalue weighted by atomic mass is 9.93. The Morgan fingerprint density at radius 1 is 1.08 bits per heavy atom. The Morgan fingerprint density at radius 2 is 1.84 bits per heavy atom. The summed E-state index contributed by atoms with van der Waals surface area (Å²) >= 11 is 0. The highest BCUT2D eigenvalue weighted by atomic mass is 19.1. The third-order valence-electron chi connectivity index (χ3n) is 4.72. The van der Waals surface area contributed by atoms with Crippen LogP contribution in [0.3, 0.4) is 0 Å². The molecule has 0 aliphatic heterocycles. The van der Waals surface area contributed by atoms with E-state index in [-0.39, 0.29) is 5.82 Å². The van der Waals surface area contributed by atoms with Crippen molar-refractivity contribution in [3.8, 4) is 11.1 Å². The molecule has 25 heavy (non-hydrogen) atoms. The monoisotopic (exact) mass is 332 g/mol. The van der Waals surface area contributed by atoms with Gasteiger partial charge in [0.1, 0.15) is 5.82 Å². The molecular formula is C24H25F. The minimum atomic E-state index is -0.160. The van der Waals surface area contributed by atoms with Crippen LogP contribution < -0.4 is 0 Å². The van der Waals surface area contributed by atoms with E-state index in [1.165, 1.54) is 5.56 Å². The van der Waals surface area contributed by atoms with Gasteiger partial charge in [-0.15, -0.1) is 0 Å². The van der Waals surface area contributed by atoms with Gasteiger partial charge in [0.25, 0.3) is 0 Å². The fourth-order valence-corrected chi connectivity index (χ4v) is 3.14. The third kappa shape index (κ3) is 4.36. The highest BCUT2D eigenvalue weighted by molar-refractivity contribution is 5.77. The Bertz CT molecular complexity index is 806. The van der Waals surface area contributed by atoms with Gasteiger partial charge in [0.15, 0.2) is 0 Å². The van der Waals surface area contributed by atoms with Gasteiger partial charge in [0.2, 0.25) is 0 Å². The van der Waals surface area contributed by atoms with Crippen molar-refractivity contribution in [2.45, 2.75) is 33.1 Å². The average molecular weight is 332 g/mol. The molecule has 1 aliphatic carbocycles. The molecule has 0 radical (unpaired) electrons. The molecule has 0 nitrogen and oxygen atoms in total. The van der Waals surface area contributed by atoms with Gasteiger partial charge in [-0.3, -0.25) is 0 Å². The van der Waals surface area contributed by atoms with Crippen LogP contribution in [-0.4, -0.2) is 0 Å². The van der Waals surface area contributed by atoms with E-state index in [1.54, 1.807) is 6.07 Å². The molecule has 0 spiro atoms. The van der Waals surface area contributed by atoms with Crippen molar-refractivity contribution >= 4 is 5.57 Å². The molecule has 0 heterocycles. The molecule has 0 saturated carbocycles. The summed E-state index contributed by atoms with van der Waals surface area (Å²) < 4.78 is 14.7. The van der Waals surface area contributed by atoms with Gasteiger partial charge >= 0.3 is 0 Å². The number of rotatable bonds is 5. The number of allylic oxidation sites excluding steroid dienone is 6. The van der Waals surface area contributed by atoms with Gasteiger partial charge in [-0.25, -0.2) is 4.39 Å². The van der Waals surface area contributed by atoms with E-state index < -0.39 is 0 Å². The van der Waals surface area contributed by atoms with Gasteiger partial charge in [-0.1, -0.05) is 73.7 Å². The second-order valence-corrected chi connectivity index (χ2v) is 6.73. The van der Waals surface area contributed by atoms with Gasteiger partial charge in [-0.05, 0) is 60.4 Å². The SMILES string of the molecule is C/C=C/CCc1ccc(-c2ccc(C3=CCC(C)C=C3)cc2F)cc1. The van der Waals surface area contributed by atoms with Crippen LogP contribution in [0.2, 0.25) is 0 Å². The second-order valence-electron chi connectivity index (χ2n) is 6.73. The van der Waals surface area contributed by atoms with Gasteiger partial charge in [0, 0.05) is 5.56 Å². The Kier molecular flexibility index (Phi) is 5.65. The van der Waals surface area contributed by atoms with Crippen molar-refractivity contribution in [1.82, 2.24) is 0 Å². The molecule has 1 unspecified atom stereocenters. The Hall–Kier alpha value is -2.41. The normalized spacial score (nSPS) is 17.1. The Morgan fingerprint density at radius 3 is 2.48 bits per heavy atom. The molecule has 1 heteroatoms. The van der Waals surface area contributed by atoms with Crippen molar-refractivity contribution in [2.75, 3.05) is 0 Å². The van der Waals surface area contributed by atoms with Crippen molar-refractivity contribution in [1.29, 1.82) is 0 Å². The highest BCUT2D eigenvalue weighted by Gasteiger charge is 2.10. The number of halogens is 1. The predicted octanol–water partition coefficient (Wildman–Crippen LogP) is 6.98. The maximum Gasteiger partial charge on any atom is 0.131 e. The van der Waals surface area contributed by atoms with Crippen molar-refractivity contribution in [3.05, 3.63) is 89.8 Å². The predicted molar refractivity (Wildman–Crippen MR) is 106 cm³/mol. The maximum atomic E-state index is 14.7. The zero-order valence-corrected chi connectivity index (χ0v) is 15.0. The highest BCUT2D eigenvalue weighted by Crippen LogP contribution is 2.29. The van der Waals surface area contributed by atoms with Crippen LogP contribution in [-0.2, 0) is 6.42 Å². The molecule has 0 N–H and O–H groups in total. The Labute approximate surface area is 150 Å². The van der Waals surface area contributed by atoms with E-state index in [0.29, 0.717) is 11.5 Å². The quantitative estimate of drug-likeness (QED) is 0.518. The van der Waals surface area contributed by atoms with Crippen LogP contribution in [0.25, 0.3) is 16.7 Å². The smallest absolute Gasteiger partial charge is 0.131 e. The summed E-state index contributed by atoms with van der Waals surface area (Å²) in [5, 5.41) is 0. The first-order valence-corrected chi connectivity index (χ1v) is 9.06. The topological polar surface area (TPSA) is 0 Å². The van der Waals surface area contributed by atoms with E-state index in [9.17, 15) is 4.39 Å². The van der Waals surface area contributed by atoms with E-state index in [4.69, 9.17) is 0 Å². The first-order valence-electron chi connectivity index (χ1n) is 9.06. The van der Waals surface area contributed by atoms with Crippen LogP contribution in [0.5, 0.6) is 0 Å². The number of benzene rings is 2. The molecule has 0 fully saturated rings. The molecule has 1 atom stereocenters. The van der Waals surface area contributed by atoms with Crippen molar-refractivity contribution in [2.24, 2.45) is 5.92 Å². The van der Waals surface area contributed by atoms with Crippen LogP contribution in [0.1, 0.15) is 37.8 Å². The van der Waals surface area contributed by atoms with Crippen LogP contribution in [0, 0.1) is 11.7 Å². The van der Waals surface area contributed by atoms with Gasteiger partial charge < -0.3 is 0 Å². The molecular weight excluding hydrogens is 307 g/mol. The number of hydrogen-bond acceptors (Lipinski definition) is 0. The minimum absolute atomic E-state index is 0.160. The van der Waals surface area contributed by atoms with Crippen LogP contribution in [0.4, 0.5) is 4.39 Å². The third-order valence-corrected chi connectivity index (χ3v) is 4.72. The molecule has 3 rings (SSSR count). The zero-order chi connectivity index (χ0) is 17.6. The van der Waals surface area contributed by atoms with E-state index in [1.807, 2.05) is 31.2 Å². The summed E-state index contributed by atoms with van der Waals surface area (Å²) in [5.74, 6) is 0.409. The lowest BCUT2D eigenvalue weighted by Crippen LogP contribution is -1.95.